The van der Waals surface area contributed by atoms with Crippen molar-refractivity contribution in [3.05, 3.63) is 45.1 Å². The van der Waals surface area contributed by atoms with Crippen LogP contribution in [-0.2, 0) is 23.2 Å². The standard InChI is InChI=1S/C16H18ClF3N4O3S/c1-10-3-4-11(17)9-13(10)28(26,27)23-7-5-12(6-8-23)24-15(25)22(2)14(21-24)16(18,19)20/h3-4,9,12H,5-8H2,1-2H3. The molecule has 154 valence electrons. The van der Waals surface area contributed by atoms with Crippen LogP contribution in [-0.4, -0.2) is 40.2 Å². The molecule has 0 atom stereocenters. The van der Waals surface area contributed by atoms with Crippen molar-refractivity contribution in [3.63, 3.8) is 0 Å². The van der Waals surface area contributed by atoms with Crippen molar-refractivity contribution in [2.24, 2.45) is 7.05 Å². The number of piperidine rings is 1. The highest BCUT2D eigenvalue weighted by Crippen LogP contribution is 2.30. The van der Waals surface area contributed by atoms with Crippen LogP contribution in [0.3, 0.4) is 0 Å². The van der Waals surface area contributed by atoms with E-state index in [2.05, 4.69) is 5.10 Å². The first-order valence-electron chi connectivity index (χ1n) is 8.42. The van der Waals surface area contributed by atoms with Gasteiger partial charge in [-0.05, 0) is 37.5 Å². The van der Waals surface area contributed by atoms with Gasteiger partial charge in [-0.3, -0.25) is 4.57 Å². The number of aromatic nitrogens is 3. The average molecular weight is 439 g/mol. The molecule has 1 saturated heterocycles. The Balaban J connectivity index is 1.82. The summed E-state index contributed by atoms with van der Waals surface area (Å²) in [6, 6.07) is 3.96. The third-order valence-corrected chi connectivity index (χ3v) is 7.07. The summed E-state index contributed by atoms with van der Waals surface area (Å²) in [5, 5.41) is 3.72. The monoisotopic (exact) mass is 438 g/mol. The number of halogens is 4. The van der Waals surface area contributed by atoms with Crippen molar-refractivity contribution < 1.29 is 21.6 Å². The second-order valence-corrected chi connectivity index (χ2v) is 9.00. The number of sulfonamides is 1. The summed E-state index contributed by atoms with van der Waals surface area (Å²) in [6.07, 6.45) is -4.40. The van der Waals surface area contributed by atoms with Crippen LogP contribution < -0.4 is 5.69 Å². The maximum Gasteiger partial charge on any atom is 0.451 e. The highest BCUT2D eigenvalue weighted by molar-refractivity contribution is 7.89. The minimum absolute atomic E-state index is 0.0588. The number of alkyl halides is 3. The number of nitrogens with zero attached hydrogens (tertiary/aromatic N) is 4. The molecule has 2 heterocycles. The molecule has 2 aromatic rings. The quantitative estimate of drug-likeness (QED) is 0.738. The van der Waals surface area contributed by atoms with Gasteiger partial charge in [0.2, 0.25) is 15.8 Å². The molecule has 1 aromatic heterocycles. The molecule has 1 fully saturated rings. The molecular formula is C16H18ClF3N4O3S. The first-order valence-corrected chi connectivity index (χ1v) is 10.2. The van der Waals surface area contributed by atoms with E-state index in [1.807, 2.05) is 0 Å². The van der Waals surface area contributed by atoms with E-state index < -0.39 is 33.8 Å². The predicted octanol–water partition coefficient (Wildman–Crippen LogP) is 2.59. The largest absolute Gasteiger partial charge is 0.451 e. The maximum absolute atomic E-state index is 13.0. The van der Waals surface area contributed by atoms with Crippen LogP contribution >= 0.6 is 11.6 Å². The Morgan fingerprint density at radius 2 is 1.82 bits per heavy atom. The lowest BCUT2D eigenvalue weighted by Gasteiger charge is -2.31. The lowest BCUT2D eigenvalue weighted by Crippen LogP contribution is -2.41. The summed E-state index contributed by atoms with van der Waals surface area (Å²) >= 11 is 5.91. The van der Waals surface area contributed by atoms with Crippen LogP contribution in [0, 0.1) is 6.92 Å². The van der Waals surface area contributed by atoms with E-state index in [9.17, 15) is 26.4 Å². The SMILES string of the molecule is Cc1ccc(Cl)cc1S(=O)(=O)N1CCC(n2nc(C(F)(F)F)n(C)c2=O)CC1. The highest BCUT2D eigenvalue weighted by Gasteiger charge is 2.39. The van der Waals surface area contributed by atoms with Gasteiger partial charge in [-0.2, -0.15) is 17.5 Å². The van der Waals surface area contributed by atoms with Gasteiger partial charge in [0.25, 0.3) is 0 Å². The first kappa shape index (κ1) is 20.9. The molecule has 0 spiro atoms. The first-order chi connectivity index (χ1) is 12.9. The highest BCUT2D eigenvalue weighted by atomic mass is 35.5. The Morgan fingerprint density at radius 3 is 2.36 bits per heavy atom. The van der Waals surface area contributed by atoms with Crippen LogP contribution in [0.5, 0.6) is 0 Å². The van der Waals surface area contributed by atoms with Gasteiger partial charge in [0.1, 0.15) is 0 Å². The fourth-order valence-electron chi connectivity index (χ4n) is 3.26. The molecule has 0 unspecified atom stereocenters. The average Bonchev–Trinajstić information content (AvgIpc) is 2.92. The Hall–Kier alpha value is -1.85. The van der Waals surface area contributed by atoms with Crippen molar-refractivity contribution in [2.45, 2.75) is 36.9 Å². The molecule has 0 saturated carbocycles. The Labute approximate surface area is 164 Å². The zero-order valence-corrected chi connectivity index (χ0v) is 16.6. The van der Waals surface area contributed by atoms with Gasteiger partial charge >= 0.3 is 11.9 Å². The summed E-state index contributed by atoms with van der Waals surface area (Å²) in [5.41, 5.74) is -0.332. The van der Waals surface area contributed by atoms with Crippen LogP contribution in [0.15, 0.2) is 27.9 Å². The molecule has 28 heavy (non-hydrogen) atoms. The maximum atomic E-state index is 13.0. The molecule has 1 aliphatic heterocycles. The zero-order chi connectivity index (χ0) is 20.9. The number of benzene rings is 1. The summed E-state index contributed by atoms with van der Waals surface area (Å²) in [5.74, 6) is -1.28. The zero-order valence-electron chi connectivity index (χ0n) is 15.1. The molecule has 0 aliphatic carbocycles. The fraction of sp³-hybridized carbons (Fsp3) is 0.500. The fourth-order valence-corrected chi connectivity index (χ4v) is 5.22. The minimum atomic E-state index is -4.74. The lowest BCUT2D eigenvalue weighted by molar-refractivity contribution is -0.147. The van der Waals surface area contributed by atoms with Crippen LogP contribution in [0.4, 0.5) is 13.2 Å². The molecule has 0 N–H and O–H groups in total. The molecule has 7 nitrogen and oxygen atoms in total. The molecular weight excluding hydrogens is 421 g/mol. The van der Waals surface area contributed by atoms with Gasteiger partial charge in [0.15, 0.2) is 0 Å². The normalized spacial score (nSPS) is 17.2. The van der Waals surface area contributed by atoms with Crippen LogP contribution in [0.25, 0.3) is 0 Å². The summed E-state index contributed by atoms with van der Waals surface area (Å²) < 4.78 is 67.1. The van der Waals surface area contributed by atoms with E-state index in [0.29, 0.717) is 15.2 Å². The van der Waals surface area contributed by atoms with Crippen molar-refractivity contribution in [1.29, 1.82) is 0 Å². The van der Waals surface area contributed by atoms with Crippen molar-refractivity contribution in [3.8, 4) is 0 Å². The van der Waals surface area contributed by atoms with E-state index in [0.717, 1.165) is 11.7 Å². The topological polar surface area (TPSA) is 77.2 Å². The summed E-state index contributed by atoms with van der Waals surface area (Å²) in [7, 11) is -2.79. The van der Waals surface area contributed by atoms with Gasteiger partial charge in [-0.25, -0.2) is 17.9 Å². The van der Waals surface area contributed by atoms with Gasteiger partial charge < -0.3 is 0 Å². The molecule has 0 radical (unpaired) electrons. The summed E-state index contributed by atoms with van der Waals surface area (Å²) in [4.78, 5) is 12.2. The second-order valence-electron chi connectivity index (χ2n) is 6.65. The molecule has 1 aliphatic rings. The number of aryl methyl sites for hydroxylation is 1. The van der Waals surface area contributed by atoms with E-state index >= 15 is 0 Å². The van der Waals surface area contributed by atoms with E-state index in [1.165, 1.54) is 10.4 Å². The Bertz CT molecular complexity index is 1050. The van der Waals surface area contributed by atoms with Crippen LogP contribution in [0.1, 0.15) is 30.3 Å². The smallest absolute Gasteiger partial charge is 0.274 e. The van der Waals surface area contributed by atoms with Crippen molar-refractivity contribution in [2.75, 3.05) is 13.1 Å². The van der Waals surface area contributed by atoms with Crippen molar-refractivity contribution >= 4 is 21.6 Å². The summed E-state index contributed by atoms with van der Waals surface area (Å²) in [6.45, 7) is 1.77. The number of hydrogen-bond donors (Lipinski definition) is 0. The third-order valence-electron chi connectivity index (χ3n) is 4.79. The third kappa shape index (κ3) is 3.70. The molecule has 0 amide bonds. The van der Waals surface area contributed by atoms with E-state index in [4.69, 9.17) is 11.6 Å². The molecule has 3 rings (SSSR count). The van der Waals surface area contributed by atoms with Gasteiger partial charge in [0, 0.05) is 25.2 Å². The second kappa shape index (κ2) is 7.20. The van der Waals surface area contributed by atoms with Gasteiger partial charge in [0.05, 0.1) is 10.9 Å². The van der Waals surface area contributed by atoms with Crippen molar-refractivity contribution in [1.82, 2.24) is 18.7 Å². The van der Waals surface area contributed by atoms with Crippen LogP contribution in [0.2, 0.25) is 5.02 Å². The Morgan fingerprint density at radius 1 is 1.21 bits per heavy atom. The lowest BCUT2D eigenvalue weighted by atomic mass is 10.1. The molecule has 0 bridgehead atoms. The van der Waals surface area contributed by atoms with Gasteiger partial charge in [-0.15, -0.1) is 5.10 Å². The molecule has 12 heteroatoms. The number of hydrogen-bond acceptors (Lipinski definition) is 4. The Kier molecular flexibility index (Phi) is 5.36. The van der Waals surface area contributed by atoms with Gasteiger partial charge in [-0.1, -0.05) is 17.7 Å². The predicted molar refractivity (Wildman–Crippen MR) is 95.7 cm³/mol. The minimum Gasteiger partial charge on any atom is -0.274 e. The van der Waals surface area contributed by atoms with E-state index in [-0.39, 0.29) is 30.8 Å². The van der Waals surface area contributed by atoms with E-state index in [1.54, 1.807) is 19.1 Å². The number of rotatable bonds is 3. The molecule has 1 aromatic carbocycles.